The Bertz CT molecular complexity index is 835. The Labute approximate surface area is 166 Å². The van der Waals surface area contributed by atoms with Crippen LogP contribution in [0, 0.1) is 10.8 Å². The summed E-state index contributed by atoms with van der Waals surface area (Å²) in [6.45, 7) is 0. The Hall–Kier alpha value is -2.12. The van der Waals surface area contributed by atoms with Gasteiger partial charge >= 0.3 is 5.97 Å². The molecule has 3 N–H and O–H groups in total. The van der Waals surface area contributed by atoms with E-state index < -0.39 is 21.2 Å². The van der Waals surface area contributed by atoms with Crippen molar-refractivity contribution in [3.8, 4) is 0 Å². The standard InChI is InChI=1S/C19H24N2O4S.ClH/c1-25-17(22)8-5-13-26(23,24)14-19(18(20)21)11-9-16(10-12-19)15-6-3-2-4-7-15;/h2-4,6-7,9-11H,5,8,12-14H2,1H3,(H3,20,21);1H. The number of hydrogen-bond acceptors (Lipinski definition) is 5. The van der Waals surface area contributed by atoms with Crippen LogP contribution in [-0.2, 0) is 19.4 Å². The van der Waals surface area contributed by atoms with Crippen molar-refractivity contribution in [2.75, 3.05) is 18.6 Å². The number of halogens is 1. The summed E-state index contributed by atoms with van der Waals surface area (Å²) in [6, 6.07) is 9.74. The number of allylic oxidation sites excluding steroid dienone is 3. The molecule has 1 aromatic carbocycles. The predicted molar refractivity (Wildman–Crippen MR) is 110 cm³/mol. The van der Waals surface area contributed by atoms with Crippen molar-refractivity contribution in [1.29, 1.82) is 5.41 Å². The number of amidine groups is 1. The van der Waals surface area contributed by atoms with Crippen molar-refractivity contribution in [3.63, 3.8) is 0 Å². The second-order valence-electron chi connectivity index (χ2n) is 6.40. The largest absolute Gasteiger partial charge is 0.469 e. The first-order valence-electron chi connectivity index (χ1n) is 8.34. The first-order chi connectivity index (χ1) is 12.3. The molecule has 8 heteroatoms. The van der Waals surface area contributed by atoms with Crippen LogP contribution >= 0.6 is 12.4 Å². The Kier molecular flexibility index (Phi) is 8.24. The zero-order chi connectivity index (χ0) is 19.2. The fourth-order valence-electron chi connectivity index (χ4n) is 2.91. The Morgan fingerprint density at radius 2 is 1.96 bits per heavy atom. The van der Waals surface area contributed by atoms with Crippen molar-refractivity contribution in [2.24, 2.45) is 11.1 Å². The summed E-state index contributed by atoms with van der Waals surface area (Å²) in [7, 11) is -2.21. The lowest BCUT2D eigenvalue weighted by molar-refractivity contribution is -0.140. The highest BCUT2D eigenvalue weighted by Gasteiger charge is 2.37. The van der Waals surface area contributed by atoms with Crippen molar-refractivity contribution in [1.82, 2.24) is 0 Å². The number of esters is 1. The molecule has 0 saturated heterocycles. The van der Waals surface area contributed by atoms with E-state index in [9.17, 15) is 13.2 Å². The molecule has 0 heterocycles. The van der Waals surface area contributed by atoms with Gasteiger partial charge in [-0.2, -0.15) is 0 Å². The third-order valence-corrected chi connectivity index (χ3v) is 6.32. The van der Waals surface area contributed by atoms with Gasteiger partial charge in [0.1, 0.15) is 5.84 Å². The lowest BCUT2D eigenvalue weighted by atomic mass is 9.79. The minimum atomic E-state index is -3.48. The minimum Gasteiger partial charge on any atom is -0.469 e. The number of carbonyl (C=O) groups excluding carboxylic acids is 1. The number of methoxy groups -OCH3 is 1. The van der Waals surface area contributed by atoms with Gasteiger partial charge < -0.3 is 10.5 Å². The van der Waals surface area contributed by atoms with E-state index in [0.29, 0.717) is 6.42 Å². The molecule has 148 valence electrons. The van der Waals surface area contributed by atoms with E-state index in [2.05, 4.69) is 4.74 Å². The third-order valence-electron chi connectivity index (χ3n) is 4.45. The Morgan fingerprint density at radius 1 is 1.30 bits per heavy atom. The minimum absolute atomic E-state index is 0. The van der Waals surface area contributed by atoms with Crippen LogP contribution in [0.25, 0.3) is 5.57 Å². The third kappa shape index (κ3) is 6.22. The molecule has 0 saturated carbocycles. The van der Waals surface area contributed by atoms with Gasteiger partial charge in [-0.1, -0.05) is 48.6 Å². The van der Waals surface area contributed by atoms with Crippen molar-refractivity contribution in [2.45, 2.75) is 19.3 Å². The molecular weight excluding hydrogens is 388 g/mol. The van der Waals surface area contributed by atoms with Gasteiger partial charge in [0, 0.05) is 6.42 Å². The molecular formula is C19H25ClN2O4S. The van der Waals surface area contributed by atoms with Gasteiger partial charge in [0.05, 0.1) is 24.0 Å². The number of rotatable bonds is 8. The van der Waals surface area contributed by atoms with Crippen LogP contribution in [0.5, 0.6) is 0 Å². The van der Waals surface area contributed by atoms with Crippen LogP contribution < -0.4 is 5.73 Å². The lowest BCUT2D eigenvalue weighted by Crippen LogP contribution is -2.42. The molecule has 0 fully saturated rings. The topological polar surface area (TPSA) is 110 Å². The molecule has 1 unspecified atom stereocenters. The monoisotopic (exact) mass is 412 g/mol. The van der Waals surface area contributed by atoms with Gasteiger partial charge in [0.2, 0.25) is 0 Å². The van der Waals surface area contributed by atoms with Crippen LogP contribution in [0.3, 0.4) is 0 Å². The van der Waals surface area contributed by atoms with Crippen LogP contribution in [0.4, 0.5) is 0 Å². The van der Waals surface area contributed by atoms with E-state index in [4.69, 9.17) is 11.1 Å². The van der Waals surface area contributed by atoms with E-state index in [0.717, 1.165) is 11.1 Å². The molecule has 0 aliphatic heterocycles. The summed E-state index contributed by atoms with van der Waals surface area (Å²) in [5.74, 6) is -0.991. The number of ether oxygens (including phenoxy) is 1. The molecule has 1 atom stereocenters. The average Bonchev–Trinajstić information content (AvgIpc) is 2.62. The summed E-state index contributed by atoms with van der Waals surface area (Å²) >= 11 is 0. The van der Waals surface area contributed by atoms with E-state index in [1.165, 1.54) is 7.11 Å². The molecule has 0 amide bonds. The van der Waals surface area contributed by atoms with Gasteiger partial charge in [-0.05, 0) is 24.0 Å². The highest BCUT2D eigenvalue weighted by molar-refractivity contribution is 7.91. The molecule has 0 spiro atoms. The zero-order valence-corrected chi connectivity index (χ0v) is 16.8. The quantitative estimate of drug-likeness (QED) is 0.387. The summed E-state index contributed by atoms with van der Waals surface area (Å²) in [5.41, 5.74) is 6.72. The zero-order valence-electron chi connectivity index (χ0n) is 15.2. The number of carbonyl (C=O) groups is 1. The van der Waals surface area contributed by atoms with Crippen LogP contribution in [0.15, 0.2) is 48.6 Å². The number of benzene rings is 1. The first kappa shape index (κ1) is 22.9. The summed E-state index contributed by atoms with van der Waals surface area (Å²) in [6.07, 6.45) is 6.05. The lowest BCUT2D eigenvalue weighted by Gasteiger charge is -2.31. The van der Waals surface area contributed by atoms with Crippen LogP contribution in [-0.4, -0.2) is 38.8 Å². The SMILES string of the molecule is COC(=O)CCCS(=O)(=O)CC1(C(=N)N)C=CC(c2ccccc2)=CC1.Cl. The molecule has 6 nitrogen and oxygen atoms in total. The van der Waals surface area contributed by atoms with Gasteiger partial charge in [-0.15, -0.1) is 12.4 Å². The maximum absolute atomic E-state index is 12.5. The highest BCUT2D eigenvalue weighted by Crippen LogP contribution is 2.34. The second-order valence-corrected chi connectivity index (χ2v) is 8.59. The summed E-state index contributed by atoms with van der Waals surface area (Å²) in [5, 5.41) is 7.92. The fraction of sp³-hybridized carbons (Fsp3) is 0.368. The number of hydrogen-bond donors (Lipinski definition) is 2. The summed E-state index contributed by atoms with van der Waals surface area (Å²) < 4.78 is 29.5. The predicted octanol–water partition coefficient (Wildman–Crippen LogP) is 2.74. The van der Waals surface area contributed by atoms with Crippen molar-refractivity contribution in [3.05, 3.63) is 54.1 Å². The molecule has 0 radical (unpaired) electrons. The van der Waals surface area contributed by atoms with Crippen LogP contribution in [0.1, 0.15) is 24.8 Å². The van der Waals surface area contributed by atoms with Crippen molar-refractivity contribution < 1.29 is 17.9 Å². The first-order valence-corrected chi connectivity index (χ1v) is 10.2. The Morgan fingerprint density at radius 3 is 2.48 bits per heavy atom. The van der Waals surface area contributed by atoms with Crippen molar-refractivity contribution >= 4 is 39.6 Å². The van der Waals surface area contributed by atoms with Gasteiger partial charge in [0.25, 0.3) is 0 Å². The molecule has 27 heavy (non-hydrogen) atoms. The molecule has 1 aliphatic rings. The highest BCUT2D eigenvalue weighted by atomic mass is 35.5. The normalized spacial score (nSPS) is 18.9. The molecule has 1 aromatic rings. The maximum Gasteiger partial charge on any atom is 0.305 e. The molecule has 2 rings (SSSR count). The number of nitrogens with one attached hydrogen (secondary N) is 1. The van der Waals surface area contributed by atoms with E-state index >= 15 is 0 Å². The van der Waals surface area contributed by atoms with Gasteiger partial charge in [-0.3, -0.25) is 10.2 Å². The number of sulfone groups is 1. The second kappa shape index (κ2) is 9.71. The average molecular weight is 413 g/mol. The smallest absolute Gasteiger partial charge is 0.305 e. The van der Waals surface area contributed by atoms with Crippen LogP contribution in [0.2, 0.25) is 0 Å². The maximum atomic E-state index is 12.5. The van der Waals surface area contributed by atoms with E-state index in [1.54, 1.807) is 6.08 Å². The molecule has 1 aliphatic carbocycles. The van der Waals surface area contributed by atoms with Gasteiger partial charge in [0.15, 0.2) is 9.84 Å². The number of nitrogens with two attached hydrogens (primary N) is 1. The van der Waals surface area contributed by atoms with E-state index in [-0.39, 0.29) is 42.6 Å². The molecule has 0 aromatic heterocycles. The fourth-order valence-corrected chi connectivity index (χ4v) is 4.79. The van der Waals surface area contributed by atoms with Gasteiger partial charge in [-0.25, -0.2) is 8.42 Å². The summed E-state index contributed by atoms with van der Waals surface area (Å²) in [4.78, 5) is 11.1. The molecule has 0 bridgehead atoms. The Balaban J connectivity index is 0.00000364. The van der Waals surface area contributed by atoms with E-state index in [1.807, 2.05) is 42.5 Å².